The maximum atomic E-state index is 12.6. The predicted octanol–water partition coefficient (Wildman–Crippen LogP) is 3.18. The van der Waals surface area contributed by atoms with Crippen LogP contribution < -0.4 is 10.9 Å². The number of aromatic nitrogens is 2. The number of hydrogen-bond donors (Lipinski definition) is 2. The van der Waals surface area contributed by atoms with Crippen LogP contribution in [-0.2, 0) is 24.1 Å². The number of aryl methyl sites for hydroxylation is 3. The third-order valence-electron chi connectivity index (χ3n) is 6.81. The standard InChI is InChI=1S/C22H32N4O2S/c1-26(2)22(12-5-3-4-6-13-22)14-23-18(27)11-10-17-24-20(28)19-15-8-7-9-16(15)29-21(19)25-17/h3-14H2,1-2H3,(H,23,27)(H,24,25,28). The molecule has 4 rings (SSSR count). The van der Waals surface area contributed by atoms with E-state index in [1.807, 2.05) is 0 Å². The number of rotatable bonds is 6. The average molecular weight is 417 g/mol. The van der Waals surface area contributed by atoms with Crippen LogP contribution in [0.5, 0.6) is 0 Å². The number of likely N-dealkylation sites (N-methyl/N-ethyl adjacent to an activating group) is 1. The molecule has 0 saturated heterocycles. The van der Waals surface area contributed by atoms with Crippen molar-refractivity contribution < 1.29 is 4.79 Å². The first-order valence-corrected chi connectivity index (χ1v) is 11.8. The van der Waals surface area contributed by atoms with Gasteiger partial charge < -0.3 is 15.2 Å². The van der Waals surface area contributed by atoms with Crippen molar-refractivity contribution in [3.8, 4) is 0 Å². The van der Waals surface area contributed by atoms with Crippen LogP contribution in [0, 0.1) is 0 Å². The zero-order valence-electron chi connectivity index (χ0n) is 17.6. The molecule has 0 radical (unpaired) electrons. The summed E-state index contributed by atoms with van der Waals surface area (Å²) >= 11 is 1.65. The molecular weight excluding hydrogens is 384 g/mol. The lowest BCUT2D eigenvalue weighted by molar-refractivity contribution is -0.121. The highest BCUT2D eigenvalue weighted by Gasteiger charge is 2.33. The fourth-order valence-corrected chi connectivity index (χ4v) is 6.20. The smallest absolute Gasteiger partial charge is 0.259 e. The molecule has 0 bridgehead atoms. The number of amides is 1. The molecule has 2 aromatic rings. The van der Waals surface area contributed by atoms with E-state index in [-0.39, 0.29) is 17.0 Å². The maximum absolute atomic E-state index is 12.6. The molecule has 0 atom stereocenters. The molecule has 29 heavy (non-hydrogen) atoms. The van der Waals surface area contributed by atoms with E-state index in [1.165, 1.54) is 36.1 Å². The number of thiophene rings is 1. The van der Waals surface area contributed by atoms with Crippen LogP contribution in [-0.4, -0.2) is 47.0 Å². The highest BCUT2D eigenvalue weighted by molar-refractivity contribution is 7.18. The van der Waals surface area contributed by atoms with Gasteiger partial charge in [0.2, 0.25) is 5.91 Å². The van der Waals surface area contributed by atoms with Gasteiger partial charge in [0.1, 0.15) is 10.7 Å². The van der Waals surface area contributed by atoms with Crippen LogP contribution in [0.2, 0.25) is 0 Å². The van der Waals surface area contributed by atoms with Gasteiger partial charge in [0.05, 0.1) is 5.39 Å². The monoisotopic (exact) mass is 416 g/mol. The molecule has 1 amide bonds. The molecule has 2 aliphatic rings. The molecule has 7 heteroatoms. The third-order valence-corrected chi connectivity index (χ3v) is 8.00. The minimum atomic E-state index is -0.0465. The zero-order chi connectivity index (χ0) is 20.4. The summed E-state index contributed by atoms with van der Waals surface area (Å²) in [6.07, 6.45) is 11.3. The molecule has 2 aliphatic carbocycles. The molecular formula is C22H32N4O2S. The summed E-state index contributed by atoms with van der Waals surface area (Å²) in [6.45, 7) is 0.694. The van der Waals surface area contributed by atoms with Crippen molar-refractivity contribution in [2.45, 2.75) is 76.2 Å². The number of carbonyl (C=O) groups excluding carboxylic acids is 1. The summed E-state index contributed by atoms with van der Waals surface area (Å²) < 4.78 is 0. The average Bonchev–Trinajstić information content (AvgIpc) is 3.17. The fraction of sp³-hybridized carbons (Fsp3) is 0.682. The van der Waals surface area contributed by atoms with Gasteiger partial charge in [-0.3, -0.25) is 9.59 Å². The number of hydrogen-bond acceptors (Lipinski definition) is 5. The molecule has 6 nitrogen and oxygen atoms in total. The van der Waals surface area contributed by atoms with Gasteiger partial charge in [0, 0.05) is 29.8 Å². The van der Waals surface area contributed by atoms with Gasteiger partial charge in [0.15, 0.2) is 0 Å². The van der Waals surface area contributed by atoms with E-state index in [0.717, 1.165) is 42.3 Å². The van der Waals surface area contributed by atoms with E-state index in [2.05, 4.69) is 34.3 Å². The summed E-state index contributed by atoms with van der Waals surface area (Å²) in [5, 5.41) is 3.93. The normalized spacial score (nSPS) is 18.7. The number of H-pyrrole nitrogens is 1. The van der Waals surface area contributed by atoms with Gasteiger partial charge in [-0.25, -0.2) is 4.98 Å². The van der Waals surface area contributed by atoms with E-state index < -0.39 is 0 Å². The summed E-state index contributed by atoms with van der Waals surface area (Å²) in [6, 6.07) is 0. The van der Waals surface area contributed by atoms with Crippen molar-refractivity contribution in [3.63, 3.8) is 0 Å². The summed E-state index contributed by atoms with van der Waals surface area (Å²) in [5.41, 5.74) is 1.21. The van der Waals surface area contributed by atoms with Crippen molar-refractivity contribution in [2.24, 2.45) is 0 Å². The third kappa shape index (κ3) is 4.26. The molecule has 0 aromatic carbocycles. The van der Waals surface area contributed by atoms with Gasteiger partial charge in [-0.15, -0.1) is 11.3 Å². The minimum absolute atomic E-state index is 0.0342. The number of nitrogens with one attached hydrogen (secondary N) is 2. The van der Waals surface area contributed by atoms with Gasteiger partial charge in [0.25, 0.3) is 5.56 Å². The highest BCUT2D eigenvalue weighted by Crippen LogP contribution is 2.34. The van der Waals surface area contributed by atoms with E-state index in [0.29, 0.717) is 25.2 Å². The Balaban J connectivity index is 1.37. The molecule has 0 spiro atoms. The van der Waals surface area contributed by atoms with Crippen LogP contribution in [0.1, 0.15) is 67.6 Å². The molecule has 1 fully saturated rings. The first-order valence-electron chi connectivity index (χ1n) is 11.0. The van der Waals surface area contributed by atoms with Crippen molar-refractivity contribution in [1.82, 2.24) is 20.2 Å². The topological polar surface area (TPSA) is 78.1 Å². The van der Waals surface area contributed by atoms with Crippen molar-refractivity contribution in [3.05, 3.63) is 26.6 Å². The second-order valence-electron chi connectivity index (χ2n) is 8.86. The maximum Gasteiger partial charge on any atom is 0.259 e. The largest absolute Gasteiger partial charge is 0.354 e. The lowest BCUT2D eigenvalue weighted by Crippen LogP contribution is -2.52. The second-order valence-corrected chi connectivity index (χ2v) is 9.94. The van der Waals surface area contributed by atoms with Gasteiger partial charge >= 0.3 is 0 Å². The molecule has 1 saturated carbocycles. The molecule has 2 aromatic heterocycles. The Morgan fingerprint density at radius 1 is 1.17 bits per heavy atom. The van der Waals surface area contributed by atoms with Gasteiger partial charge in [-0.2, -0.15) is 0 Å². The number of carbonyl (C=O) groups is 1. The molecule has 0 unspecified atom stereocenters. The Hall–Kier alpha value is -1.73. The van der Waals surface area contributed by atoms with Crippen LogP contribution in [0.25, 0.3) is 10.2 Å². The van der Waals surface area contributed by atoms with Gasteiger partial charge in [-0.05, 0) is 51.8 Å². The number of fused-ring (bicyclic) bond motifs is 3. The van der Waals surface area contributed by atoms with Crippen molar-refractivity contribution in [1.29, 1.82) is 0 Å². The minimum Gasteiger partial charge on any atom is -0.354 e. The van der Waals surface area contributed by atoms with Crippen LogP contribution in [0.15, 0.2) is 4.79 Å². The first-order chi connectivity index (χ1) is 14.0. The van der Waals surface area contributed by atoms with E-state index in [4.69, 9.17) is 0 Å². The Morgan fingerprint density at radius 2 is 1.93 bits per heavy atom. The van der Waals surface area contributed by atoms with Crippen LogP contribution in [0.4, 0.5) is 0 Å². The molecule has 0 aliphatic heterocycles. The number of aromatic amines is 1. The van der Waals surface area contributed by atoms with E-state index in [9.17, 15) is 9.59 Å². The highest BCUT2D eigenvalue weighted by atomic mass is 32.1. The summed E-state index contributed by atoms with van der Waals surface area (Å²) in [4.78, 5) is 37.1. The fourth-order valence-electron chi connectivity index (χ4n) is 4.92. The van der Waals surface area contributed by atoms with Gasteiger partial charge in [-0.1, -0.05) is 25.7 Å². The zero-order valence-corrected chi connectivity index (χ0v) is 18.4. The molecule has 158 valence electrons. The van der Waals surface area contributed by atoms with E-state index in [1.54, 1.807) is 11.3 Å². The predicted molar refractivity (Wildman–Crippen MR) is 118 cm³/mol. The van der Waals surface area contributed by atoms with Crippen molar-refractivity contribution in [2.75, 3.05) is 20.6 Å². The Labute approximate surface area is 176 Å². The SMILES string of the molecule is CN(C)C1(CNC(=O)CCc2nc3sc4c(c3c(=O)[nH]2)CCC4)CCCCCC1. The van der Waals surface area contributed by atoms with Crippen LogP contribution in [0.3, 0.4) is 0 Å². The molecule has 2 heterocycles. The second kappa shape index (κ2) is 8.56. The first kappa shape index (κ1) is 20.5. The lowest BCUT2D eigenvalue weighted by Gasteiger charge is -2.39. The Bertz CT molecular complexity index is 938. The Kier molecular flexibility index (Phi) is 6.06. The quantitative estimate of drug-likeness (QED) is 0.709. The summed E-state index contributed by atoms with van der Waals surface area (Å²) in [5.74, 6) is 0.654. The molecule has 2 N–H and O–H groups in total. The van der Waals surface area contributed by atoms with Crippen molar-refractivity contribution >= 4 is 27.5 Å². The lowest BCUT2D eigenvalue weighted by atomic mass is 9.88. The number of nitrogens with zero attached hydrogens (tertiary/aromatic N) is 2. The summed E-state index contributed by atoms with van der Waals surface area (Å²) in [7, 11) is 4.25. The van der Waals surface area contributed by atoms with Crippen LogP contribution >= 0.6 is 11.3 Å². The van der Waals surface area contributed by atoms with E-state index >= 15 is 0 Å². The Morgan fingerprint density at radius 3 is 2.66 bits per heavy atom.